The van der Waals surface area contributed by atoms with E-state index >= 15 is 0 Å². The lowest BCUT2D eigenvalue weighted by atomic mass is 10.2. The maximum Gasteiger partial charge on any atom is 0.158 e. The summed E-state index contributed by atoms with van der Waals surface area (Å²) in [5.41, 5.74) is 4.11. The van der Waals surface area contributed by atoms with Crippen LogP contribution in [0.1, 0.15) is 5.56 Å². The van der Waals surface area contributed by atoms with Gasteiger partial charge in [-0.15, -0.1) is 0 Å². The summed E-state index contributed by atoms with van der Waals surface area (Å²) in [6, 6.07) is 9.45. The van der Waals surface area contributed by atoms with Crippen molar-refractivity contribution in [1.82, 2.24) is 0 Å². The van der Waals surface area contributed by atoms with E-state index in [2.05, 4.69) is 10.5 Å². The Morgan fingerprint density at radius 2 is 1.74 bits per heavy atom. The van der Waals surface area contributed by atoms with Crippen LogP contribution in [0, 0.1) is 0 Å². The number of benzene rings is 2. The van der Waals surface area contributed by atoms with E-state index in [0.717, 1.165) is 0 Å². The number of nitrogens with zero attached hydrogens (tertiary/aromatic N) is 1. The molecule has 0 aromatic heterocycles. The summed E-state index contributed by atoms with van der Waals surface area (Å²) in [5.74, 6) is -0.368. The largest absolute Gasteiger partial charge is 0.504 e. The summed E-state index contributed by atoms with van der Waals surface area (Å²) in [4.78, 5) is 0. The van der Waals surface area contributed by atoms with Gasteiger partial charge in [-0.05, 0) is 42.0 Å². The van der Waals surface area contributed by atoms with E-state index in [4.69, 9.17) is 28.3 Å². The van der Waals surface area contributed by atoms with Gasteiger partial charge in [0.2, 0.25) is 0 Å². The zero-order valence-corrected chi connectivity index (χ0v) is 11.2. The van der Waals surface area contributed by atoms with Crippen LogP contribution in [0.3, 0.4) is 0 Å². The molecule has 0 saturated heterocycles. The molecule has 6 heteroatoms. The van der Waals surface area contributed by atoms with Crippen LogP contribution in [-0.4, -0.2) is 16.4 Å². The SMILES string of the molecule is Oc1ccc(/C=N/Nc2ccc(Cl)c(Cl)c2)cc1O. The van der Waals surface area contributed by atoms with E-state index in [1.165, 1.54) is 18.3 Å². The van der Waals surface area contributed by atoms with Gasteiger partial charge < -0.3 is 10.2 Å². The summed E-state index contributed by atoms with van der Waals surface area (Å²) in [5, 5.41) is 23.4. The molecule has 0 fully saturated rings. The second kappa shape index (κ2) is 5.82. The first kappa shape index (κ1) is 13.5. The maximum atomic E-state index is 9.32. The minimum atomic E-state index is -0.196. The summed E-state index contributed by atoms with van der Waals surface area (Å²) in [6.45, 7) is 0. The van der Waals surface area contributed by atoms with E-state index in [-0.39, 0.29) is 11.5 Å². The van der Waals surface area contributed by atoms with E-state index in [0.29, 0.717) is 21.3 Å². The molecule has 0 aliphatic rings. The molecule has 0 aliphatic heterocycles. The van der Waals surface area contributed by atoms with Gasteiger partial charge in [0, 0.05) is 0 Å². The zero-order valence-electron chi connectivity index (χ0n) is 9.64. The maximum absolute atomic E-state index is 9.32. The Kier molecular flexibility index (Phi) is 4.14. The van der Waals surface area contributed by atoms with Gasteiger partial charge in [0.25, 0.3) is 0 Å². The Morgan fingerprint density at radius 3 is 2.42 bits per heavy atom. The first-order valence-electron chi connectivity index (χ1n) is 5.32. The quantitative estimate of drug-likeness (QED) is 0.458. The summed E-state index contributed by atoms with van der Waals surface area (Å²) in [6.07, 6.45) is 1.50. The minimum absolute atomic E-state index is 0.172. The smallest absolute Gasteiger partial charge is 0.158 e. The summed E-state index contributed by atoms with van der Waals surface area (Å²) in [7, 11) is 0. The van der Waals surface area contributed by atoms with E-state index < -0.39 is 0 Å². The second-order valence-corrected chi connectivity index (χ2v) is 4.56. The third-order valence-electron chi connectivity index (χ3n) is 2.33. The van der Waals surface area contributed by atoms with Crippen LogP contribution in [0.4, 0.5) is 5.69 Å². The van der Waals surface area contributed by atoms with Crippen LogP contribution in [-0.2, 0) is 0 Å². The van der Waals surface area contributed by atoms with Gasteiger partial charge in [-0.25, -0.2) is 0 Å². The second-order valence-electron chi connectivity index (χ2n) is 3.75. The van der Waals surface area contributed by atoms with Gasteiger partial charge in [0.05, 0.1) is 21.9 Å². The van der Waals surface area contributed by atoms with Crippen molar-refractivity contribution < 1.29 is 10.2 Å². The predicted molar refractivity (Wildman–Crippen MR) is 77.5 cm³/mol. The summed E-state index contributed by atoms with van der Waals surface area (Å²) < 4.78 is 0. The van der Waals surface area contributed by atoms with Crippen molar-refractivity contribution in [2.45, 2.75) is 0 Å². The molecule has 0 atom stereocenters. The highest BCUT2D eigenvalue weighted by Crippen LogP contribution is 2.25. The number of aromatic hydroxyl groups is 2. The molecular weight excluding hydrogens is 287 g/mol. The van der Waals surface area contributed by atoms with Gasteiger partial charge in [-0.2, -0.15) is 5.10 Å². The molecule has 0 heterocycles. The molecule has 0 bridgehead atoms. The monoisotopic (exact) mass is 296 g/mol. The first-order chi connectivity index (χ1) is 9.06. The standard InChI is InChI=1S/C13H10Cl2N2O2/c14-10-3-2-9(6-11(10)15)17-16-7-8-1-4-12(18)13(19)5-8/h1-7,17-19H/b16-7+. The molecule has 0 spiro atoms. The Bertz CT molecular complexity index is 630. The fourth-order valence-corrected chi connectivity index (χ4v) is 1.67. The molecule has 3 N–H and O–H groups in total. The van der Waals surface area contributed by atoms with Crippen molar-refractivity contribution in [2.75, 3.05) is 5.43 Å². The van der Waals surface area contributed by atoms with Gasteiger partial charge >= 0.3 is 0 Å². The molecule has 2 aromatic carbocycles. The van der Waals surface area contributed by atoms with Crippen LogP contribution < -0.4 is 5.43 Å². The van der Waals surface area contributed by atoms with Gasteiger partial charge in [-0.3, -0.25) is 5.43 Å². The molecule has 0 aliphatic carbocycles. The van der Waals surface area contributed by atoms with Crippen molar-refractivity contribution >= 4 is 35.1 Å². The molecule has 0 radical (unpaired) electrons. The predicted octanol–water partition coefficient (Wildman–Crippen LogP) is 3.85. The summed E-state index contributed by atoms with van der Waals surface area (Å²) >= 11 is 11.7. The van der Waals surface area contributed by atoms with Crippen molar-refractivity contribution in [3.63, 3.8) is 0 Å². The average molecular weight is 297 g/mol. The Labute approximate surface area is 119 Å². The number of anilines is 1. The molecule has 4 nitrogen and oxygen atoms in total. The molecule has 0 saturated carbocycles. The fraction of sp³-hybridized carbons (Fsp3) is 0. The minimum Gasteiger partial charge on any atom is -0.504 e. The highest BCUT2D eigenvalue weighted by molar-refractivity contribution is 6.42. The lowest BCUT2D eigenvalue weighted by molar-refractivity contribution is 0.403. The number of phenols is 2. The van der Waals surface area contributed by atoms with Gasteiger partial charge in [0.15, 0.2) is 11.5 Å². The molecule has 2 rings (SSSR count). The number of nitrogens with one attached hydrogen (secondary N) is 1. The topological polar surface area (TPSA) is 64.9 Å². The Hall–Kier alpha value is -1.91. The number of hydrogen-bond acceptors (Lipinski definition) is 4. The third kappa shape index (κ3) is 3.53. The molecular formula is C13H10Cl2N2O2. The average Bonchev–Trinajstić information content (AvgIpc) is 2.38. The number of phenolic OH excluding ortho intramolecular Hbond substituents is 2. The van der Waals surface area contributed by atoms with Crippen LogP contribution in [0.2, 0.25) is 10.0 Å². The van der Waals surface area contributed by atoms with Crippen LogP contribution in [0.5, 0.6) is 11.5 Å². The first-order valence-corrected chi connectivity index (χ1v) is 6.08. The zero-order chi connectivity index (χ0) is 13.8. The van der Waals surface area contributed by atoms with Crippen molar-refractivity contribution in [3.05, 3.63) is 52.0 Å². The number of rotatable bonds is 3. The highest BCUT2D eigenvalue weighted by Gasteiger charge is 1.99. The van der Waals surface area contributed by atoms with E-state index in [9.17, 15) is 5.11 Å². The van der Waals surface area contributed by atoms with Crippen molar-refractivity contribution in [2.24, 2.45) is 5.10 Å². The van der Waals surface area contributed by atoms with Crippen molar-refractivity contribution in [1.29, 1.82) is 0 Å². The fourth-order valence-electron chi connectivity index (χ4n) is 1.37. The van der Waals surface area contributed by atoms with Crippen molar-refractivity contribution in [3.8, 4) is 11.5 Å². The van der Waals surface area contributed by atoms with Gasteiger partial charge in [0.1, 0.15) is 0 Å². The lowest BCUT2D eigenvalue weighted by Crippen LogP contribution is -1.90. The van der Waals surface area contributed by atoms with Crippen LogP contribution >= 0.6 is 23.2 Å². The normalized spacial score (nSPS) is 10.8. The van der Waals surface area contributed by atoms with E-state index in [1.54, 1.807) is 24.3 Å². The molecule has 0 amide bonds. The number of hydrogen-bond donors (Lipinski definition) is 3. The van der Waals surface area contributed by atoms with Gasteiger partial charge in [-0.1, -0.05) is 23.2 Å². The number of halogens is 2. The molecule has 19 heavy (non-hydrogen) atoms. The molecule has 2 aromatic rings. The highest BCUT2D eigenvalue weighted by atomic mass is 35.5. The Morgan fingerprint density at radius 1 is 0.947 bits per heavy atom. The molecule has 98 valence electrons. The third-order valence-corrected chi connectivity index (χ3v) is 3.07. The van der Waals surface area contributed by atoms with Crippen LogP contribution in [0.25, 0.3) is 0 Å². The number of hydrazone groups is 1. The lowest BCUT2D eigenvalue weighted by Gasteiger charge is -2.02. The Balaban J connectivity index is 2.06. The van der Waals surface area contributed by atoms with Crippen LogP contribution in [0.15, 0.2) is 41.5 Å². The van der Waals surface area contributed by atoms with E-state index in [1.807, 2.05) is 0 Å². The molecule has 0 unspecified atom stereocenters.